The molecule has 0 fully saturated rings. The Labute approximate surface area is 73.8 Å². The Morgan fingerprint density at radius 1 is 1.42 bits per heavy atom. The van der Waals surface area contributed by atoms with Crippen LogP contribution in [0.25, 0.3) is 0 Å². The summed E-state index contributed by atoms with van der Waals surface area (Å²) in [7, 11) is 0. The van der Waals surface area contributed by atoms with E-state index in [0.29, 0.717) is 11.8 Å². The van der Waals surface area contributed by atoms with Gasteiger partial charge in [0.05, 0.1) is 0 Å². The van der Waals surface area contributed by atoms with Gasteiger partial charge in [0.15, 0.2) is 0 Å². The zero-order valence-electron chi connectivity index (χ0n) is 8.28. The summed E-state index contributed by atoms with van der Waals surface area (Å²) in [6, 6.07) is 0. The molecule has 3 heteroatoms. The van der Waals surface area contributed by atoms with E-state index >= 15 is 0 Å². The molecule has 0 spiro atoms. The van der Waals surface area contributed by atoms with E-state index in [2.05, 4.69) is 42.5 Å². The maximum atomic E-state index is 4.12. The van der Waals surface area contributed by atoms with Gasteiger partial charge in [-0.3, -0.25) is 0 Å². The molecule has 0 aliphatic carbocycles. The molecule has 0 saturated carbocycles. The summed E-state index contributed by atoms with van der Waals surface area (Å²) in [5.74, 6) is 2.22. The predicted octanol–water partition coefficient (Wildman–Crippen LogP) is 2.06. The van der Waals surface area contributed by atoms with Crippen LogP contribution < -0.4 is 0 Å². The van der Waals surface area contributed by atoms with Crippen molar-refractivity contribution < 1.29 is 0 Å². The molecule has 0 amide bonds. The van der Waals surface area contributed by atoms with E-state index in [4.69, 9.17) is 0 Å². The van der Waals surface area contributed by atoms with Crippen LogP contribution >= 0.6 is 0 Å². The molecule has 0 aliphatic rings. The summed E-state index contributed by atoms with van der Waals surface area (Å²) in [6.45, 7) is 9.68. The van der Waals surface area contributed by atoms with Crippen LogP contribution in [0.15, 0.2) is 6.33 Å². The highest BCUT2D eigenvalue weighted by atomic mass is 15.3. The van der Waals surface area contributed by atoms with E-state index in [1.54, 1.807) is 6.33 Å². The lowest BCUT2D eigenvalue weighted by molar-refractivity contribution is 0.486. The standard InChI is InChI=1S/C9H17N3/c1-5-12-6-10-11-9(12)8(4)7(2)3/h6-8H,5H2,1-4H3. The van der Waals surface area contributed by atoms with Crippen molar-refractivity contribution in [2.45, 2.75) is 40.2 Å². The summed E-state index contributed by atoms with van der Waals surface area (Å²) in [5, 5.41) is 8.03. The van der Waals surface area contributed by atoms with Gasteiger partial charge in [0.1, 0.15) is 12.2 Å². The number of hydrogen-bond acceptors (Lipinski definition) is 2. The summed E-state index contributed by atoms with van der Waals surface area (Å²) in [4.78, 5) is 0. The van der Waals surface area contributed by atoms with Crippen LogP contribution in [0.4, 0.5) is 0 Å². The first-order chi connectivity index (χ1) is 5.66. The Kier molecular flexibility index (Phi) is 2.84. The first-order valence-corrected chi connectivity index (χ1v) is 4.54. The molecule has 0 radical (unpaired) electrons. The monoisotopic (exact) mass is 167 g/mol. The van der Waals surface area contributed by atoms with Crippen LogP contribution in [-0.2, 0) is 6.54 Å². The van der Waals surface area contributed by atoms with Gasteiger partial charge in [0, 0.05) is 12.5 Å². The van der Waals surface area contributed by atoms with Crippen molar-refractivity contribution >= 4 is 0 Å². The lowest BCUT2D eigenvalue weighted by Crippen LogP contribution is -2.10. The summed E-state index contributed by atoms with van der Waals surface area (Å²) < 4.78 is 2.10. The molecule has 0 N–H and O–H groups in total. The minimum Gasteiger partial charge on any atom is -0.318 e. The number of rotatable bonds is 3. The molecule has 1 rings (SSSR count). The van der Waals surface area contributed by atoms with E-state index < -0.39 is 0 Å². The SMILES string of the molecule is CCn1cnnc1C(C)C(C)C. The molecule has 0 bridgehead atoms. The third-order valence-electron chi connectivity index (χ3n) is 2.39. The molecule has 3 nitrogen and oxygen atoms in total. The molecular weight excluding hydrogens is 150 g/mol. The topological polar surface area (TPSA) is 30.7 Å². The molecular formula is C9H17N3. The van der Waals surface area contributed by atoms with Crippen LogP contribution in [0.1, 0.15) is 39.4 Å². The second-order valence-corrected chi connectivity index (χ2v) is 3.51. The molecule has 1 heterocycles. The van der Waals surface area contributed by atoms with Gasteiger partial charge in [0.25, 0.3) is 0 Å². The van der Waals surface area contributed by atoms with Gasteiger partial charge in [-0.1, -0.05) is 20.8 Å². The molecule has 0 saturated heterocycles. The molecule has 1 aromatic rings. The summed E-state index contributed by atoms with van der Waals surface area (Å²) >= 11 is 0. The van der Waals surface area contributed by atoms with Crippen LogP contribution in [-0.4, -0.2) is 14.8 Å². The molecule has 1 atom stereocenters. The van der Waals surface area contributed by atoms with E-state index in [9.17, 15) is 0 Å². The maximum Gasteiger partial charge on any atom is 0.135 e. The average molecular weight is 167 g/mol. The first kappa shape index (κ1) is 9.23. The largest absolute Gasteiger partial charge is 0.318 e. The number of aryl methyl sites for hydroxylation is 1. The Morgan fingerprint density at radius 2 is 2.08 bits per heavy atom. The Morgan fingerprint density at radius 3 is 2.58 bits per heavy atom. The second kappa shape index (κ2) is 3.70. The van der Waals surface area contributed by atoms with E-state index in [-0.39, 0.29) is 0 Å². The smallest absolute Gasteiger partial charge is 0.135 e. The zero-order chi connectivity index (χ0) is 9.14. The molecule has 0 aliphatic heterocycles. The van der Waals surface area contributed by atoms with Gasteiger partial charge in [-0.15, -0.1) is 10.2 Å². The van der Waals surface area contributed by atoms with Gasteiger partial charge >= 0.3 is 0 Å². The Hall–Kier alpha value is -0.860. The molecule has 68 valence electrons. The van der Waals surface area contributed by atoms with Crippen molar-refractivity contribution in [1.29, 1.82) is 0 Å². The molecule has 1 unspecified atom stereocenters. The third-order valence-corrected chi connectivity index (χ3v) is 2.39. The quantitative estimate of drug-likeness (QED) is 0.690. The number of aromatic nitrogens is 3. The van der Waals surface area contributed by atoms with E-state index in [1.807, 2.05) is 0 Å². The Balaban J connectivity index is 2.86. The summed E-state index contributed by atoms with van der Waals surface area (Å²) in [6.07, 6.45) is 1.80. The molecule has 0 aromatic carbocycles. The van der Waals surface area contributed by atoms with Crippen LogP contribution in [0.5, 0.6) is 0 Å². The fourth-order valence-corrected chi connectivity index (χ4v) is 1.16. The van der Waals surface area contributed by atoms with Crippen LogP contribution in [0.3, 0.4) is 0 Å². The van der Waals surface area contributed by atoms with Crippen molar-refractivity contribution in [3.05, 3.63) is 12.2 Å². The highest BCUT2D eigenvalue weighted by molar-refractivity contribution is 4.95. The third kappa shape index (κ3) is 1.65. The number of nitrogens with zero attached hydrogens (tertiary/aromatic N) is 3. The van der Waals surface area contributed by atoms with Gasteiger partial charge in [-0.05, 0) is 12.8 Å². The number of hydrogen-bond donors (Lipinski definition) is 0. The van der Waals surface area contributed by atoms with Crippen LogP contribution in [0, 0.1) is 5.92 Å². The van der Waals surface area contributed by atoms with E-state index in [0.717, 1.165) is 12.4 Å². The second-order valence-electron chi connectivity index (χ2n) is 3.51. The molecule has 12 heavy (non-hydrogen) atoms. The Bertz CT molecular complexity index is 240. The fourth-order valence-electron chi connectivity index (χ4n) is 1.16. The van der Waals surface area contributed by atoms with E-state index in [1.165, 1.54) is 0 Å². The minimum atomic E-state index is 0.493. The van der Waals surface area contributed by atoms with Crippen molar-refractivity contribution in [3.63, 3.8) is 0 Å². The van der Waals surface area contributed by atoms with Crippen molar-refractivity contribution in [2.24, 2.45) is 5.92 Å². The first-order valence-electron chi connectivity index (χ1n) is 4.54. The van der Waals surface area contributed by atoms with Gasteiger partial charge in [-0.25, -0.2) is 0 Å². The molecule has 1 aromatic heterocycles. The lowest BCUT2D eigenvalue weighted by Gasteiger charge is -2.14. The van der Waals surface area contributed by atoms with Crippen molar-refractivity contribution in [3.8, 4) is 0 Å². The maximum absolute atomic E-state index is 4.12. The van der Waals surface area contributed by atoms with Crippen molar-refractivity contribution in [1.82, 2.24) is 14.8 Å². The van der Waals surface area contributed by atoms with Gasteiger partial charge < -0.3 is 4.57 Å². The van der Waals surface area contributed by atoms with Gasteiger partial charge in [0.2, 0.25) is 0 Å². The zero-order valence-corrected chi connectivity index (χ0v) is 8.28. The van der Waals surface area contributed by atoms with Gasteiger partial charge in [-0.2, -0.15) is 0 Å². The highest BCUT2D eigenvalue weighted by Gasteiger charge is 2.15. The summed E-state index contributed by atoms with van der Waals surface area (Å²) in [5.41, 5.74) is 0. The minimum absolute atomic E-state index is 0.493. The lowest BCUT2D eigenvalue weighted by atomic mass is 9.97. The van der Waals surface area contributed by atoms with Crippen molar-refractivity contribution in [2.75, 3.05) is 0 Å². The predicted molar refractivity (Wildman–Crippen MR) is 48.9 cm³/mol. The normalized spacial score (nSPS) is 13.8. The highest BCUT2D eigenvalue weighted by Crippen LogP contribution is 2.20. The average Bonchev–Trinajstić information content (AvgIpc) is 2.49. The fraction of sp³-hybridized carbons (Fsp3) is 0.778. The van der Waals surface area contributed by atoms with Crippen LogP contribution in [0.2, 0.25) is 0 Å².